The smallest absolute Gasteiger partial charge is 0.179 e. The maximum absolute atomic E-state index is 10.4. The van der Waals surface area contributed by atoms with Crippen molar-refractivity contribution in [2.75, 3.05) is 19.8 Å². The summed E-state index contributed by atoms with van der Waals surface area (Å²) in [6, 6.07) is 5.49. The number of halogens is 1. The van der Waals surface area contributed by atoms with Gasteiger partial charge in [-0.2, -0.15) is 0 Å². The standard InChI is InChI=1S/C17H20ClNO4/c1-10-5-13(11(2)23-10)8-19-9-15(20)12-6-14(18)17-16(7-12)21-3-4-22-17/h5-7,15,19-20H,3-4,8-9H2,1-2H3. The van der Waals surface area contributed by atoms with Crippen LogP contribution in [0.4, 0.5) is 0 Å². The normalized spacial score (nSPS) is 14.8. The number of ether oxygens (including phenoxy) is 2. The summed E-state index contributed by atoms with van der Waals surface area (Å²) in [7, 11) is 0. The lowest BCUT2D eigenvalue weighted by Gasteiger charge is -2.21. The highest BCUT2D eigenvalue weighted by molar-refractivity contribution is 6.32. The number of rotatable bonds is 5. The van der Waals surface area contributed by atoms with E-state index in [0.29, 0.717) is 48.4 Å². The van der Waals surface area contributed by atoms with Gasteiger partial charge in [-0.1, -0.05) is 11.6 Å². The van der Waals surface area contributed by atoms with Gasteiger partial charge in [-0.25, -0.2) is 0 Å². The molecule has 0 aliphatic carbocycles. The molecule has 1 aliphatic heterocycles. The fraction of sp³-hybridized carbons (Fsp3) is 0.412. The number of benzene rings is 1. The van der Waals surface area contributed by atoms with Crippen LogP contribution in [0.1, 0.15) is 28.8 Å². The molecule has 1 aromatic heterocycles. The predicted molar refractivity (Wildman–Crippen MR) is 87.3 cm³/mol. The van der Waals surface area contributed by atoms with Crippen LogP contribution in [0.5, 0.6) is 11.5 Å². The Morgan fingerprint density at radius 2 is 2.00 bits per heavy atom. The van der Waals surface area contributed by atoms with E-state index in [1.807, 2.05) is 19.9 Å². The van der Waals surface area contributed by atoms with Crippen LogP contribution < -0.4 is 14.8 Å². The van der Waals surface area contributed by atoms with Gasteiger partial charge < -0.3 is 24.3 Å². The number of hydrogen-bond acceptors (Lipinski definition) is 5. The highest BCUT2D eigenvalue weighted by atomic mass is 35.5. The maximum atomic E-state index is 10.4. The molecule has 3 rings (SSSR count). The molecule has 5 nitrogen and oxygen atoms in total. The van der Waals surface area contributed by atoms with Gasteiger partial charge in [-0.15, -0.1) is 0 Å². The lowest BCUT2D eigenvalue weighted by Crippen LogP contribution is -2.22. The van der Waals surface area contributed by atoms with Crippen LogP contribution in [0.3, 0.4) is 0 Å². The minimum Gasteiger partial charge on any atom is -0.486 e. The molecule has 0 fully saturated rings. The zero-order chi connectivity index (χ0) is 16.4. The molecule has 2 N–H and O–H groups in total. The second-order valence-electron chi connectivity index (χ2n) is 5.61. The zero-order valence-electron chi connectivity index (χ0n) is 13.2. The van der Waals surface area contributed by atoms with Crippen LogP contribution >= 0.6 is 11.6 Å². The third kappa shape index (κ3) is 3.63. The van der Waals surface area contributed by atoms with Crippen LogP contribution in [-0.4, -0.2) is 24.9 Å². The minimum atomic E-state index is -0.684. The summed E-state index contributed by atoms with van der Waals surface area (Å²) < 4.78 is 16.5. The van der Waals surface area contributed by atoms with Crippen molar-refractivity contribution < 1.29 is 19.0 Å². The monoisotopic (exact) mass is 337 g/mol. The van der Waals surface area contributed by atoms with E-state index in [4.69, 9.17) is 25.5 Å². The molecule has 0 radical (unpaired) electrons. The molecule has 23 heavy (non-hydrogen) atoms. The fourth-order valence-corrected chi connectivity index (χ4v) is 2.92. The van der Waals surface area contributed by atoms with E-state index >= 15 is 0 Å². The molecule has 1 aromatic carbocycles. The van der Waals surface area contributed by atoms with E-state index < -0.39 is 6.10 Å². The number of aryl methyl sites for hydroxylation is 2. The molecule has 2 heterocycles. The molecule has 2 aromatic rings. The number of fused-ring (bicyclic) bond motifs is 1. The van der Waals surface area contributed by atoms with E-state index in [9.17, 15) is 5.11 Å². The lowest BCUT2D eigenvalue weighted by molar-refractivity contribution is 0.163. The molecular formula is C17H20ClNO4. The highest BCUT2D eigenvalue weighted by Gasteiger charge is 2.19. The van der Waals surface area contributed by atoms with Gasteiger partial charge in [0.05, 0.1) is 11.1 Å². The van der Waals surface area contributed by atoms with Gasteiger partial charge in [0, 0.05) is 18.7 Å². The molecule has 0 saturated carbocycles. The van der Waals surface area contributed by atoms with Crippen molar-refractivity contribution >= 4 is 11.6 Å². The van der Waals surface area contributed by atoms with Crippen molar-refractivity contribution in [3.05, 3.63) is 45.9 Å². The summed E-state index contributed by atoms with van der Waals surface area (Å²) in [5, 5.41) is 14.0. The molecule has 0 spiro atoms. The second kappa shape index (κ2) is 6.83. The van der Waals surface area contributed by atoms with E-state index in [1.165, 1.54) is 0 Å². The fourth-order valence-electron chi connectivity index (χ4n) is 2.64. The number of aliphatic hydroxyl groups is 1. The maximum Gasteiger partial charge on any atom is 0.179 e. The van der Waals surface area contributed by atoms with E-state index in [2.05, 4.69) is 5.32 Å². The first-order valence-corrected chi connectivity index (χ1v) is 7.96. The summed E-state index contributed by atoms with van der Waals surface area (Å²) >= 11 is 6.20. The van der Waals surface area contributed by atoms with E-state index in [-0.39, 0.29) is 0 Å². The average molecular weight is 338 g/mol. The van der Waals surface area contributed by atoms with Crippen molar-refractivity contribution in [3.8, 4) is 11.5 Å². The van der Waals surface area contributed by atoms with Crippen LogP contribution in [0, 0.1) is 13.8 Å². The predicted octanol–water partition coefficient (Wildman–Crippen LogP) is 3.14. The van der Waals surface area contributed by atoms with E-state index in [0.717, 1.165) is 17.1 Å². The largest absolute Gasteiger partial charge is 0.486 e. The molecule has 0 bridgehead atoms. The van der Waals surface area contributed by atoms with Crippen molar-refractivity contribution in [1.29, 1.82) is 0 Å². The molecule has 0 saturated heterocycles. The van der Waals surface area contributed by atoms with Gasteiger partial charge >= 0.3 is 0 Å². The summed E-state index contributed by atoms with van der Waals surface area (Å²) in [5.41, 5.74) is 1.79. The van der Waals surface area contributed by atoms with Crippen molar-refractivity contribution in [2.24, 2.45) is 0 Å². The van der Waals surface area contributed by atoms with Gasteiger partial charge in [-0.3, -0.25) is 0 Å². The molecule has 1 unspecified atom stereocenters. The first kappa shape index (κ1) is 16.2. The number of nitrogens with one attached hydrogen (secondary N) is 1. The summed E-state index contributed by atoms with van der Waals surface area (Å²) in [5.74, 6) is 2.91. The first-order chi connectivity index (χ1) is 11.0. The number of aliphatic hydroxyl groups excluding tert-OH is 1. The third-order valence-corrected chi connectivity index (χ3v) is 4.08. The molecule has 1 aliphatic rings. The Balaban J connectivity index is 1.63. The summed E-state index contributed by atoms with van der Waals surface area (Å²) in [4.78, 5) is 0. The van der Waals surface area contributed by atoms with Crippen LogP contribution in [-0.2, 0) is 6.54 Å². The molecule has 124 valence electrons. The van der Waals surface area contributed by atoms with E-state index in [1.54, 1.807) is 12.1 Å². The van der Waals surface area contributed by atoms with Gasteiger partial charge in [0.15, 0.2) is 11.5 Å². The van der Waals surface area contributed by atoms with Crippen molar-refractivity contribution in [1.82, 2.24) is 5.32 Å². The van der Waals surface area contributed by atoms with Crippen LogP contribution in [0.25, 0.3) is 0 Å². The second-order valence-corrected chi connectivity index (χ2v) is 6.02. The summed E-state index contributed by atoms with van der Waals surface area (Å²) in [6.45, 7) is 5.86. The Morgan fingerprint density at radius 1 is 1.22 bits per heavy atom. The molecule has 0 amide bonds. The zero-order valence-corrected chi connectivity index (χ0v) is 13.9. The number of hydrogen-bond donors (Lipinski definition) is 2. The Bertz CT molecular complexity index is 698. The van der Waals surface area contributed by atoms with Crippen molar-refractivity contribution in [3.63, 3.8) is 0 Å². The Labute approximate surface area is 140 Å². The lowest BCUT2D eigenvalue weighted by atomic mass is 10.1. The Kier molecular flexibility index (Phi) is 4.80. The van der Waals surface area contributed by atoms with Gasteiger partial charge in [0.25, 0.3) is 0 Å². The topological polar surface area (TPSA) is 63.9 Å². The molecule has 1 atom stereocenters. The SMILES string of the molecule is Cc1cc(CNCC(O)c2cc(Cl)c3c(c2)OCCO3)c(C)o1. The molecular weight excluding hydrogens is 318 g/mol. The van der Waals surface area contributed by atoms with Crippen LogP contribution in [0.15, 0.2) is 22.6 Å². The van der Waals surface area contributed by atoms with Gasteiger partial charge in [0.2, 0.25) is 0 Å². The minimum absolute atomic E-state index is 0.402. The summed E-state index contributed by atoms with van der Waals surface area (Å²) in [6.07, 6.45) is -0.684. The van der Waals surface area contributed by atoms with Gasteiger partial charge in [0.1, 0.15) is 24.7 Å². The van der Waals surface area contributed by atoms with Crippen molar-refractivity contribution in [2.45, 2.75) is 26.5 Å². The van der Waals surface area contributed by atoms with Gasteiger partial charge in [-0.05, 0) is 37.6 Å². The highest BCUT2D eigenvalue weighted by Crippen LogP contribution is 2.39. The van der Waals surface area contributed by atoms with Crippen LogP contribution in [0.2, 0.25) is 5.02 Å². The quantitative estimate of drug-likeness (QED) is 0.877. The Hall–Kier alpha value is -1.69. The average Bonchev–Trinajstić information content (AvgIpc) is 2.85. The first-order valence-electron chi connectivity index (χ1n) is 7.58. The Morgan fingerprint density at radius 3 is 2.74 bits per heavy atom. The third-order valence-electron chi connectivity index (χ3n) is 3.80. The molecule has 6 heteroatoms. The number of furan rings is 1.